The average Bonchev–Trinajstić information content (AvgIpc) is 3.42. The van der Waals surface area contributed by atoms with Crippen molar-refractivity contribution in [3.63, 3.8) is 0 Å². The smallest absolute Gasteiger partial charge is 0.254 e. The van der Waals surface area contributed by atoms with Crippen LogP contribution in [0.1, 0.15) is 41.9 Å². The van der Waals surface area contributed by atoms with Gasteiger partial charge in [-0.15, -0.1) is 0 Å². The predicted octanol–water partition coefficient (Wildman–Crippen LogP) is 5.53. The van der Waals surface area contributed by atoms with Crippen molar-refractivity contribution in [3.05, 3.63) is 65.1 Å². The van der Waals surface area contributed by atoms with Crippen LogP contribution in [-0.2, 0) is 13.1 Å². The van der Waals surface area contributed by atoms with Gasteiger partial charge in [0, 0.05) is 72.9 Å². The van der Waals surface area contributed by atoms with Crippen LogP contribution in [0.4, 0.5) is 5.82 Å². The Morgan fingerprint density at radius 1 is 0.979 bits per heavy atom. The molecule has 3 aromatic heterocycles. The van der Waals surface area contributed by atoms with Gasteiger partial charge in [0.2, 0.25) is 0 Å². The van der Waals surface area contributed by atoms with Crippen molar-refractivity contribution < 1.29 is 9.53 Å². The Morgan fingerprint density at radius 3 is 2.53 bits per heavy atom. The lowest BCUT2D eigenvalue weighted by molar-refractivity contribution is 0.0700. The molecule has 47 heavy (non-hydrogen) atoms. The largest absolute Gasteiger partial charge is 0.494 e. The van der Waals surface area contributed by atoms with Gasteiger partial charge in [-0.25, -0.2) is 15.0 Å². The highest BCUT2D eigenvalue weighted by Gasteiger charge is 2.47. The zero-order chi connectivity index (χ0) is 32.0. The Hall–Kier alpha value is -4.15. The molecule has 1 amide bonds. The summed E-state index contributed by atoms with van der Waals surface area (Å²) in [6.45, 7) is 6.09. The molecule has 2 saturated carbocycles. The molecule has 5 aromatic rings. The van der Waals surface area contributed by atoms with E-state index in [1.165, 1.54) is 12.8 Å². The molecule has 0 unspecified atom stereocenters. The fraction of sp³-hybridized carbons (Fsp3) is 0.444. The third-order valence-corrected chi connectivity index (χ3v) is 11.1. The number of halogens is 1. The average molecular weight is 651 g/mol. The second-order valence-electron chi connectivity index (χ2n) is 14.1. The molecule has 3 atom stereocenters. The number of imidazole rings is 1. The molecular weight excluding hydrogens is 612 g/mol. The molecule has 2 bridgehead atoms. The van der Waals surface area contributed by atoms with Crippen LogP contribution in [0, 0.1) is 24.7 Å². The first-order chi connectivity index (χ1) is 22.8. The number of methoxy groups -OCH3 is 1. The maximum atomic E-state index is 14.0. The third-order valence-electron chi connectivity index (χ3n) is 10.9. The van der Waals surface area contributed by atoms with Crippen LogP contribution in [0.25, 0.3) is 33.5 Å². The number of nitrogens with zero attached hydrogens (tertiary/aromatic N) is 7. The van der Waals surface area contributed by atoms with Crippen LogP contribution >= 0.6 is 11.6 Å². The number of aromatic nitrogens is 5. The number of benzene rings is 2. The van der Waals surface area contributed by atoms with E-state index in [0.29, 0.717) is 29.1 Å². The fourth-order valence-corrected chi connectivity index (χ4v) is 8.42. The molecule has 9 rings (SSSR count). The molecule has 4 aliphatic rings. The summed E-state index contributed by atoms with van der Waals surface area (Å²) in [5.41, 5.74) is 10.9. The van der Waals surface area contributed by atoms with E-state index in [1.807, 2.05) is 42.3 Å². The molecule has 5 heterocycles. The van der Waals surface area contributed by atoms with Crippen LogP contribution in [0.15, 0.2) is 48.7 Å². The summed E-state index contributed by atoms with van der Waals surface area (Å²) in [7, 11) is 1.68. The van der Waals surface area contributed by atoms with E-state index < -0.39 is 0 Å². The van der Waals surface area contributed by atoms with Gasteiger partial charge in [-0.2, -0.15) is 0 Å². The number of amides is 1. The molecule has 2 N–H and O–H groups in total. The number of likely N-dealkylation sites (tertiary alicyclic amines) is 1. The molecule has 10 nitrogen and oxygen atoms in total. The number of fused-ring (bicyclic) bond motifs is 4. The van der Waals surface area contributed by atoms with E-state index in [-0.39, 0.29) is 18.0 Å². The molecule has 2 aliphatic carbocycles. The van der Waals surface area contributed by atoms with Crippen molar-refractivity contribution >= 4 is 45.3 Å². The standard InChI is InChI=1S/C36H39ClN8O2/c1-20-39-10-9-32(40-20)42-15-22(16-42)18-45-34-27(11-25(13-31(34)47-2)36(46)44-19-24-6-8-28(44)33(24)38)41-35(45)30-12-23-5-7-26(37)14-29(23)43(30)17-21-3-4-21/h5,7,9-14,21-22,24,28,33H,3-4,6,8,15-19,38H2,1-2H3/t24-,28-,33-/m1/s1. The van der Waals surface area contributed by atoms with E-state index in [0.717, 1.165) is 95.7 Å². The lowest BCUT2D eigenvalue weighted by Gasteiger charge is -2.40. The minimum absolute atomic E-state index is 0.0104. The molecule has 0 radical (unpaired) electrons. The number of hydrogen-bond donors (Lipinski definition) is 1. The van der Waals surface area contributed by atoms with Crippen LogP contribution < -0.4 is 15.4 Å². The number of nitrogens with two attached hydrogens (primary N) is 1. The Morgan fingerprint density at radius 2 is 1.81 bits per heavy atom. The summed E-state index contributed by atoms with van der Waals surface area (Å²) in [5.74, 6) is 4.71. The topological polar surface area (TPSA) is 107 Å². The first kappa shape index (κ1) is 29.0. The molecule has 242 valence electrons. The van der Waals surface area contributed by atoms with Crippen molar-refractivity contribution in [2.24, 2.45) is 23.5 Å². The zero-order valence-electron chi connectivity index (χ0n) is 26.8. The summed E-state index contributed by atoms with van der Waals surface area (Å²) < 4.78 is 10.8. The van der Waals surface area contributed by atoms with E-state index in [2.05, 4.69) is 42.2 Å². The number of piperidine rings is 1. The third kappa shape index (κ3) is 4.87. The van der Waals surface area contributed by atoms with E-state index in [4.69, 9.17) is 27.1 Å². The predicted molar refractivity (Wildman–Crippen MR) is 183 cm³/mol. The Balaban J connectivity index is 1.15. The summed E-state index contributed by atoms with van der Waals surface area (Å²) in [5, 5.41) is 1.86. The molecule has 2 aliphatic heterocycles. The fourth-order valence-electron chi connectivity index (χ4n) is 8.25. The number of hydrogen-bond acceptors (Lipinski definition) is 7. The lowest BCUT2D eigenvalue weighted by Crippen LogP contribution is -2.49. The Kier molecular flexibility index (Phi) is 6.76. The second kappa shape index (κ2) is 11.0. The van der Waals surface area contributed by atoms with E-state index in [1.54, 1.807) is 7.11 Å². The highest BCUT2D eigenvalue weighted by atomic mass is 35.5. The first-order valence-corrected chi connectivity index (χ1v) is 17.2. The van der Waals surface area contributed by atoms with Crippen molar-refractivity contribution in [3.8, 4) is 17.3 Å². The summed E-state index contributed by atoms with van der Waals surface area (Å²) >= 11 is 6.53. The first-order valence-electron chi connectivity index (χ1n) is 16.8. The summed E-state index contributed by atoms with van der Waals surface area (Å²) in [6, 6.07) is 14.4. The van der Waals surface area contributed by atoms with Gasteiger partial charge >= 0.3 is 0 Å². The number of anilines is 1. The van der Waals surface area contributed by atoms with E-state index >= 15 is 0 Å². The van der Waals surface area contributed by atoms with Gasteiger partial charge in [-0.3, -0.25) is 4.79 Å². The molecular formula is C36H39ClN8O2. The van der Waals surface area contributed by atoms with Crippen molar-refractivity contribution in [2.75, 3.05) is 31.6 Å². The second-order valence-corrected chi connectivity index (χ2v) is 14.5. The minimum atomic E-state index is 0.0104. The number of carbonyl (C=O) groups excluding carboxylic acids is 1. The maximum Gasteiger partial charge on any atom is 0.254 e. The van der Waals surface area contributed by atoms with Crippen LogP contribution in [0.5, 0.6) is 5.75 Å². The summed E-state index contributed by atoms with van der Waals surface area (Å²) in [6.07, 6.45) is 6.36. The highest BCUT2D eigenvalue weighted by molar-refractivity contribution is 6.31. The molecule has 2 saturated heterocycles. The Bertz CT molecular complexity index is 2040. The summed E-state index contributed by atoms with van der Waals surface area (Å²) in [4.78, 5) is 32.5. The molecule has 11 heteroatoms. The van der Waals surface area contributed by atoms with Gasteiger partial charge in [0.05, 0.1) is 23.8 Å². The van der Waals surface area contributed by atoms with Gasteiger partial charge in [0.25, 0.3) is 5.91 Å². The normalized spacial score (nSPS) is 22.5. The van der Waals surface area contributed by atoms with Crippen molar-refractivity contribution in [2.45, 2.75) is 57.8 Å². The molecule has 0 spiro atoms. The number of carbonyl (C=O) groups is 1. The van der Waals surface area contributed by atoms with Crippen LogP contribution in [0.2, 0.25) is 5.02 Å². The van der Waals surface area contributed by atoms with Crippen LogP contribution in [0.3, 0.4) is 0 Å². The number of aryl methyl sites for hydroxylation is 1. The molecule has 4 fully saturated rings. The van der Waals surface area contributed by atoms with Crippen molar-refractivity contribution in [1.82, 2.24) is 29.0 Å². The highest BCUT2D eigenvalue weighted by Crippen LogP contribution is 2.41. The van der Waals surface area contributed by atoms with Gasteiger partial charge < -0.3 is 29.4 Å². The SMILES string of the molecule is COc1cc(C(=O)N2C[C@H]3CC[C@@H]2[C@@H]3N)cc2nc(-c3cc4ccc(Cl)cc4n3CC3CC3)n(CC3CN(c4ccnc(C)n4)C3)c12. The van der Waals surface area contributed by atoms with E-state index in [9.17, 15) is 4.79 Å². The number of ether oxygens (including phenoxy) is 1. The minimum Gasteiger partial charge on any atom is -0.494 e. The monoisotopic (exact) mass is 650 g/mol. The molecule has 2 aromatic carbocycles. The van der Waals surface area contributed by atoms with Gasteiger partial charge in [0.15, 0.2) is 5.82 Å². The lowest BCUT2D eigenvalue weighted by atomic mass is 9.99. The quantitative estimate of drug-likeness (QED) is 0.235. The maximum absolute atomic E-state index is 14.0. The van der Waals surface area contributed by atoms with Gasteiger partial charge in [-0.05, 0) is 80.8 Å². The number of rotatable bonds is 8. The van der Waals surface area contributed by atoms with Gasteiger partial charge in [-0.1, -0.05) is 17.7 Å². The zero-order valence-corrected chi connectivity index (χ0v) is 27.5. The van der Waals surface area contributed by atoms with Crippen LogP contribution in [-0.4, -0.2) is 73.7 Å². The van der Waals surface area contributed by atoms with Gasteiger partial charge in [0.1, 0.15) is 22.9 Å². The van der Waals surface area contributed by atoms with Crippen molar-refractivity contribution in [1.29, 1.82) is 0 Å². The Labute approximate surface area is 278 Å².